The largest absolute Gasteiger partial charge is 0.478 e. The van der Waals surface area contributed by atoms with E-state index in [-0.39, 0.29) is 5.56 Å². The summed E-state index contributed by atoms with van der Waals surface area (Å²) >= 11 is 0. The van der Waals surface area contributed by atoms with Crippen LogP contribution in [-0.4, -0.2) is 32.4 Å². The number of nitrogens with zero attached hydrogens (tertiary/aromatic N) is 3. The van der Waals surface area contributed by atoms with Crippen molar-refractivity contribution in [2.24, 2.45) is 0 Å². The molecule has 2 aromatic rings. The summed E-state index contributed by atoms with van der Waals surface area (Å²) in [5.41, 5.74) is 1.75. The van der Waals surface area contributed by atoms with Gasteiger partial charge in [-0.05, 0) is 24.6 Å². The summed E-state index contributed by atoms with van der Waals surface area (Å²) in [7, 11) is 0. The summed E-state index contributed by atoms with van der Waals surface area (Å²) in [6.45, 7) is 1.99. The number of carboxylic acids is 1. The highest BCUT2D eigenvalue weighted by atomic mass is 16.4. The van der Waals surface area contributed by atoms with Crippen molar-refractivity contribution in [3.63, 3.8) is 0 Å². The molecular formula is C13H13N3O3. The molecule has 0 amide bonds. The molecule has 0 aliphatic rings. The number of carboxylic acid groups (broad SMARTS) is 1. The maximum atomic E-state index is 11.0. The van der Waals surface area contributed by atoms with E-state index in [2.05, 4.69) is 10.3 Å². The van der Waals surface area contributed by atoms with Crippen LogP contribution in [0.1, 0.15) is 39.9 Å². The van der Waals surface area contributed by atoms with Crippen LogP contribution in [0.2, 0.25) is 0 Å². The molecule has 1 aromatic carbocycles. The second-order valence-electron chi connectivity index (χ2n) is 4.06. The van der Waals surface area contributed by atoms with Crippen molar-refractivity contribution in [3.05, 3.63) is 41.2 Å². The molecule has 0 unspecified atom stereocenters. The molecule has 0 saturated carbocycles. The van der Waals surface area contributed by atoms with Gasteiger partial charge in [0.05, 0.1) is 16.9 Å². The normalized spacial score (nSPS) is 10.4. The first-order valence-electron chi connectivity index (χ1n) is 5.90. The van der Waals surface area contributed by atoms with Crippen LogP contribution in [0.3, 0.4) is 0 Å². The van der Waals surface area contributed by atoms with Gasteiger partial charge in [0.25, 0.3) is 0 Å². The summed E-state index contributed by atoms with van der Waals surface area (Å²) in [5, 5.41) is 16.7. The molecule has 1 heterocycles. The molecule has 1 N–H and O–H groups in total. The highest BCUT2D eigenvalue weighted by Crippen LogP contribution is 2.15. The number of hydrogen-bond donors (Lipinski definition) is 1. The van der Waals surface area contributed by atoms with E-state index in [1.807, 2.05) is 6.92 Å². The first-order chi connectivity index (χ1) is 9.17. The predicted molar refractivity (Wildman–Crippen MR) is 67.7 cm³/mol. The van der Waals surface area contributed by atoms with Crippen LogP contribution in [-0.2, 0) is 6.42 Å². The van der Waals surface area contributed by atoms with Crippen LogP contribution in [0.25, 0.3) is 5.69 Å². The number of aldehydes is 1. The van der Waals surface area contributed by atoms with E-state index in [1.165, 1.54) is 16.8 Å². The monoisotopic (exact) mass is 259 g/mol. The summed E-state index contributed by atoms with van der Waals surface area (Å²) < 4.78 is 1.51. The van der Waals surface area contributed by atoms with Crippen molar-refractivity contribution in [1.82, 2.24) is 15.0 Å². The molecule has 98 valence electrons. The Hall–Kier alpha value is -2.50. The third-order valence-electron chi connectivity index (χ3n) is 2.73. The van der Waals surface area contributed by atoms with Gasteiger partial charge in [-0.2, -0.15) is 0 Å². The Labute approximate surface area is 109 Å². The van der Waals surface area contributed by atoms with E-state index >= 15 is 0 Å². The standard InChI is InChI=1S/C13H13N3O3/c1-2-4-12-11(8-17)14-15-16(12)10-6-3-5-9(7-10)13(18)19/h3,5-8H,2,4H2,1H3,(H,18,19). The van der Waals surface area contributed by atoms with Crippen molar-refractivity contribution in [1.29, 1.82) is 0 Å². The molecule has 0 aliphatic heterocycles. The Kier molecular flexibility index (Phi) is 3.70. The van der Waals surface area contributed by atoms with E-state index in [9.17, 15) is 9.59 Å². The van der Waals surface area contributed by atoms with E-state index in [4.69, 9.17) is 5.11 Å². The lowest BCUT2D eigenvalue weighted by atomic mass is 10.1. The zero-order valence-corrected chi connectivity index (χ0v) is 10.4. The SMILES string of the molecule is CCCc1c(C=O)nnn1-c1cccc(C(=O)O)c1. The van der Waals surface area contributed by atoms with Gasteiger partial charge >= 0.3 is 5.97 Å². The minimum Gasteiger partial charge on any atom is -0.478 e. The van der Waals surface area contributed by atoms with Crippen molar-refractivity contribution >= 4 is 12.3 Å². The van der Waals surface area contributed by atoms with E-state index in [0.29, 0.717) is 29.8 Å². The first-order valence-corrected chi connectivity index (χ1v) is 5.90. The number of carbonyl (C=O) groups excluding carboxylic acids is 1. The number of carbonyl (C=O) groups is 2. The van der Waals surface area contributed by atoms with Crippen molar-refractivity contribution in [2.45, 2.75) is 19.8 Å². The lowest BCUT2D eigenvalue weighted by molar-refractivity contribution is 0.0696. The molecule has 0 spiro atoms. The van der Waals surface area contributed by atoms with Crippen LogP contribution >= 0.6 is 0 Å². The second kappa shape index (κ2) is 5.43. The molecule has 0 aliphatic carbocycles. The van der Waals surface area contributed by atoms with Gasteiger partial charge in [0.1, 0.15) is 5.69 Å². The van der Waals surface area contributed by atoms with Gasteiger partial charge in [0.15, 0.2) is 6.29 Å². The third-order valence-corrected chi connectivity index (χ3v) is 2.73. The van der Waals surface area contributed by atoms with Crippen molar-refractivity contribution in [3.8, 4) is 5.69 Å². The van der Waals surface area contributed by atoms with Crippen LogP contribution in [0.4, 0.5) is 0 Å². The van der Waals surface area contributed by atoms with Crippen LogP contribution in [0.15, 0.2) is 24.3 Å². The average Bonchev–Trinajstić information content (AvgIpc) is 2.82. The zero-order chi connectivity index (χ0) is 13.8. The second-order valence-corrected chi connectivity index (χ2v) is 4.06. The fraction of sp³-hybridized carbons (Fsp3) is 0.231. The van der Waals surface area contributed by atoms with Gasteiger partial charge < -0.3 is 5.11 Å². The Morgan fingerprint density at radius 3 is 2.89 bits per heavy atom. The molecule has 6 heteroatoms. The number of aromatic nitrogens is 3. The molecule has 1 aromatic heterocycles. The molecule has 0 saturated heterocycles. The highest BCUT2D eigenvalue weighted by molar-refractivity contribution is 5.88. The molecule has 6 nitrogen and oxygen atoms in total. The lowest BCUT2D eigenvalue weighted by Gasteiger charge is -2.06. The van der Waals surface area contributed by atoms with E-state index in [1.54, 1.807) is 12.1 Å². The third kappa shape index (κ3) is 2.52. The van der Waals surface area contributed by atoms with Crippen molar-refractivity contribution in [2.75, 3.05) is 0 Å². The molecule has 0 fully saturated rings. The summed E-state index contributed by atoms with van der Waals surface area (Å²) in [6, 6.07) is 6.37. The Morgan fingerprint density at radius 1 is 1.47 bits per heavy atom. The Bertz CT molecular complexity index is 619. The van der Waals surface area contributed by atoms with Gasteiger partial charge in [0, 0.05) is 0 Å². The maximum Gasteiger partial charge on any atom is 0.335 e. The predicted octanol–water partition coefficient (Wildman–Crippen LogP) is 1.73. The smallest absolute Gasteiger partial charge is 0.335 e. The fourth-order valence-corrected chi connectivity index (χ4v) is 1.85. The van der Waals surface area contributed by atoms with Crippen molar-refractivity contribution < 1.29 is 14.7 Å². The van der Waals surface area contributed by atoms with Crippen LogP contribution in [0.5, 0.6) is 0 Å². The zero-order valence-electron chi connectivity index (χ0n) is 10.4. The quantitative estimate of drug-likeness (QED) is 0.826. The summed E-state index contributed by atoms with van der Waals surface area (Å²) in [5.74, 6) is -1.00. The molecule has 19 heavy (non-hydrogen) atoms. The average molecular weight is 259 g/mol. The topological polar surface area (TPSA) is 85.1 Å². The number of hydrogen-bond acceptors (Lipinski definition) is 4. The number of aromatic carboxylic acids is 1. The van der Waals surface area contributed by atoms with Gasteiger partial charge in [-0.3, -0.25) is 4.79 Å². The molecule has 0 bridgehead atoms. The van der Waals surface area contributed by atoms with Gasteiger partial charge in [-0.15, -0.1) is 5.10 Å². The Morgan fingerprint density at radius 2 is 2.26 bits per heavy atom. The minimum absolute atomic E-state index is 0.170. The fourth-order valence-electron chi connectivity index (χ4n) is 1.85. The lowest BCUT2D eigenvalue weighted by Crippen LogP contribution is -2.05. The molecular weight excluding hydrogens is 246 g/mol. The minimum atomic E-state index is -1.00. The van der Waals surface area contributed by atoms with Gasteiger partial charge in [-0.25, -0.2) is 9.48 Å². The number of rotatable bonds is 5. The van der Waals surface area contributed by atoms with Crippen LogP contribution < -0.4 is 0 Å². The first kappa shape index (κ1) is 12.9. The highest BCUT2D eigenvalue weighted by Gasteiger charge is 2.14. The van der Waals surface area contributed by atoms with E-state index < -0.39 is 5.97 Å². The molecule has 2 rings (SSSR count). The van der Waals surface area contributed by atoms with Crippen LogP contribution in [0, 0.1) is 0 Å². The molecule has 0 radical (unpaired) electrons. The molecule has 0 atom stereocenters. The summed E-state index contributed by atoms with van der Waals surface area (Å²) in [4.78, 5) is 21.9. The maximum absolute atomic E-state index is 11.0. The number of benzene rings is 1. The van der Waals surface area contributed by atoms with Gasteiger partial charge in [-0.1, -0.05) is 24.6 Å². The Balaban J connectivity index is 2.52. The van der Waals surface area contributed by atoms with E-state index in [0.717, 1.165) is 6.42 Å². The summed E-state index contributed by atoms with van der Waals surface area (Å²) in [6.07, 6.45) is 2.15. The van der Waals surface area contributed by atoms with Gasteiger partial charge in [0.2, 0.25) is 0 Å².